The number of aliphatic hydroxyl groups excluding tert-OH is 1. The van der Waals surface area contributed by atoms with Gasteiger partial charge >= 0.3 is 0 Å². The molecule has 0 amide bonds. The smallest absolute Gasteiger partial charge is 0.101 e. The molecule has 0 saturated heterocycles. The molecule has 0 aromatic heterocycles. The molecule has 2 rings (SSSR count). The Bertz CT molecular complexity index is 436. The maximum absolute atomic E-state index is 9.45. The fourth-order valence-electron chi connectivity index (χ4n) is 2.39. The van der Waals surface area contributed by atoms with Crippen molar-refractivity contribution in [3.63, 3.8) is 0 Å². The minimum Gasteiger partial charge on any atom is -0.393 e. The van der Waals surface area contributed by atoms with Crippen molar-refractivity contribution in [2.75, 3.05) is 11.9 Å². The van der Waals surface area contributed by atoms with E-state index in [0.29, 0.717) is 11.5 Å². The standard InChI is InChI=1S/C14H18N2O/c1-10-2-5-14(12(6-10)8-15)16-9-11-3-4-13(17)7-11/h2,5-6,11,13,16-17H,3-4,7,9H2,1H3. The molecule has 1 saturated carbocycles. The zero-order chi connectivity index (χ0) is 12.3. The summed E-state index contributed by atoms with van der Waals surface area (Å²) in [6, 6.07) is 8.07. The molecule has 0 bridgehead atoms. The van der Waals surface area contributed by atoms with Crippen LogP contribution in [0.25, 0.3) is 0 Å². The van der Waals surface area contributed by atoms with Crippen LogP contribution in [0, 0.1) is 24.2 Å². The first-order chi connectivity index (χ1) is 8.19. The van der Waals surface area contributed by atoms with Crippen LogP contribution in [-0.2, 0) is 0 Å². The summed E-state index contributed by atoms with van der Waals surface area (Å²) in [5, 5.41) is 21.8. The highest BCUT2D eigenvalue weighted by atomic mass is 16.3. The van der Waals surface area contributed by atoms with Gasteiger partial charge in [-0.05, 0) is 49.8 Å². The summed E-state index contributed by atoms with van der Waals surface area (Å²) < 4.78 is 0. The van der Waals surface area contributed by atoms with Gasteiger partial charge in [0, 0.05) is 6.54 Å². The molecule has 2 unspecified atom stereocenters. The molecule has 1 fully saturated rings. The van der Waals surface area contributed by atoms with Crippen molar-refractivity contribution in [2.24, 2.45) is 5.92 Å². The second kappa shape index (κ2) is 5.20. The number of hydrogen-bond donors (Lipinski definition) is 2. The highest BCUT2D eigenvalue weighted by molar-refractivity contribution is 5.58. The number of anilines is 1. The molecule has 2 N–H and O–H groups in total. The fraction of sp³-hybridized carbons (Fsp3) is 0.500. The summed E-state index contributed by atoms with van der Waals surface area (Å²) >= 11 is 0. The number of rotatable bonds is 3. The monoisotopic (exact) mass is 230 g/mol. The highest BCUT2D eigenvalue weighted by Crippen LogP contribution is 2.26. The van der Waals surface area contributed by atoms with Crippen LogP contribution in [0.4, 0.5) is 5.69 Å². The van der Waals surface area contributed by atoms with Gasteiger partial charge in [0.05, 0.1) is 17.4 Å². The van der Waals surface area contributed by atoms with Crippen LogP contribution in [0.5, 0.6) is 0 Å². The normalized spacial score (nSPS) is 23.4. The third-order valence-electron chi connectivity index (χ3n) is 3.39. The maximum Gasteiger partial charge on any atom is 0.101 e. The molecule has 1 aliphatic rings. The van der Waals surface area contributed by atoms with E-state index < -0.39 is 0 Å². The first kappa shape index (κ1) is 11.9. The molecule has 0 aliphatic heterocycles. The summed E-state index contributed by atoms with van der Waals surface area (Å²) in [5.74, 6) is 0.526. The number of aryl methyl sites for hydroxylation is 1. The molecular formula is C14H18N2O. The van der Waals surface area contributed by atoms with Crippen LogP contribution in [-0.4, -0.2) is 17.8 Å². The predicted octanol–water partition coefficient (Wildman–Crippen LogP) is 2.44. The van der Waals surface area contributed by atoms with Gasteiger partial charge in [0.25, 0.3) is 0 Å². The van der Waals surface area contributed by atoms with Crippen LogP contribution in [0.3, 0.4) is 0 Å². The van der Waals surface area contributed by atoms with Crippen LogP contribution in [0.1, 0.15) is 30.4 Å². The second-order valence-corrected chi connectivity index (χ2v) is 4.87. The van der Waals surface area contributed by atoms with Gasteiger partial charge in [-0.15, -0.1) is 0 Å². The van der Waals surface area contributed by atoms with E-state index in [4.69, 9.17) is 5.26 Å². The summed E-state index contributed by atoms with van der Waals surface area (Å²) in [6.45, 7) is 2.83. The Labute approximate surface area is 102 Å². The maximum atomic E-state index is 9.45. The molecule has 3 nitrogen and oxygen atoms in total. The van der Waals surface area contributed by atoms with Crippen molar-refractivity contribution in [1.82, 2.24) is 0 Å². The summed E-state index contributed by atoms with van der Waals surface area (Å²) in [6.07, 6.45) is 2.73. The first-order valence-electron chi connectivity index (χ1n) is 6.11. The van der Waals surface area contributed by atoms with Gasteiger partial charge in [-0.2, -0.15) is 5.26 Å². The van der Waals surface area contributed by atoms with E-state index in [1.165, 1.54) is 0 Å². The molecule has 1 aromatic rings. The van der Waals surface area contributed by atoms with Crippen LogP contribution < -0.4 is 5.32 Å². The average molecular weight is 230 g/mol. The SMILES string of the molecule is Cc1ccc(NCC2CCC(O)C2)c(C#N)c1. The summed E-state index contributed by atoms with van der Waals surface area (Å²) in [7, 11) is 0. The Morgan fingerprint density at radius 2 is 2.29 bits per heavy atom. The lowest BCUT2D eigenvalue weighted by molar-refractivity contribution is 0.178. The fourth-order valence-corrected chi connectivity index (χ4v) is 2.39. The van der Waals surface area contributed by atoms with Crippen molar-refractivity contribution in [2.45, 2.75) is 32.3 Å². The molecular weight excluding hydrogens is 212 g/mol. The van der Waals surface area contributed by atoms with Gasteiger partial charge in [-0.25, -0.2) is 0 Å². The number of nitrogens with one attached hydrogen (secondary N) is 1. The van der Waals surface area contributed by atoms with E-state index >= 15 is 0 Å². The number of nitrogens with zero attached hydrogens (tertiary/aromatic N) is 1. The number of nitriles is 1. The lowest BCUT2D eigenvalue weighted by Gasteiger charge is -2.13. The van der Waals surface area contributed by atoms with Gasteiger partial charge in [-0.3, -0.25) is 0 Å². The van der Waals surface area contributed by atoms with Crippen LogP contribution >= 0.6 is 0 Å². The summed E-state index contributed by atoms with van der Waals surface area (Å²) in [4.78, 5) is 0. The highest BCUT2D eigenvalue weighted by Gasteiger charge is 2.22. The van der Waals surface area contributed by atoms with Crippen molar-refractivity contribution >= 4 is 5.69 Å². The topological polar surface area (TPSA) is 56.0 Å². The van der Waals surface area contributed by atoms with Crippen molar-refractivity contribution in [1.29, 1.82) is 5.26 Å². The van der Waals surface area contributed by atoms with Gasteiger partial charge in [0.2, 0.25) is 0 Å². The molecule has 3 heteroatoms. The van der Waals surface area contributed by atoms with Crippen molar-refractivity contribution in [3.05, 3.63) is 29.3 Å². The zero-order valence-corrected chi connectivity index (χ0v) is 10.1. The van der Waals surface area contributed by atoms with E-state index in [1.807, 2.05) is 25.1 Å². The van der Waals surface area contributed by atoms with Crippen molar-refractivity contribution in [3.8, 4) is 6.07 Å². The Kier molecular flexibility index (Phi) is 3.65. The summed E-state index contributed by atoms with van der Waals surface area (Å²) in [5.41, 5.74) is 2.70. The third-order valence-corrected chi connectivity index (χ3v) is 3.39. The van der Waals surface area contributed by atoms with Crippen LogP contribution in [0.15, 0.2) is 18.2 Å². The zero-order valence-electron chi connectivity index (χ0n) is 10.1. The van der Waals surface area contributed by atoms with E-state index in [1.54, 1.807) is 0 Å². The first-order valence-corrected chi connectivity index (χ1v) is 6.11. The lowest BCUT2D eigenvalue weighted by atomic mass is 10.1. The Hall–Kier alpha value is -1.53. The van der Waals surface area contributed by atoms with Gasteiger partial charge in [-0.1, -0.05) is 6.07 Å². The molecule has 90 valence electrons. The predicted molar refractivity (Wildman–Crippen MR) is 67.7 cm³/mol. The van der Waals surface area contributed by atoms with Crippen LogP contribution in [0.2, 0.25) is 0 Å². The quantitative estimate of drug-likeness (QED) is 0.838. The van der Waals surface area contributed by atoms with E-state index in [-0.39, 0.29) is 6.10 Å². The third kappa shape index (κ3) is 2.98. The molecule has 0 spiro atoms. The van der Waals surface area contributed by atoms with Gasteiger partial charge in [0.1, 0.15) is 6.07 Å². The lowest BCUT2D eigenvalue weighted by Crippen LogP contribution is -2.13. The molecule has 1 aromatic carbocycles. The average Bonchev–Trinajstić information content (AvgIpc) is 2.73. The number of aliphatic hydroxyl groups is 1. The molecule has 0 heterocycles. The van der Waals surface area contributed by atoms with E-state index in [9.17, 15) is 5.11 Å². The Morgan fingerprint density at radius 1 is 1.47 bits per heavy atom. The van der Waals surface area contributed by atoms with Gasteiger partial charge < -0.3 is 10.4 Å². The molecule has 1 aliphatic carbocycles. The van der Waals surface area contributed by atoms with E-state index in [2.05, 4.69) is 11.4 Å². The minimum atomic E-state index is -0.129. The number of hydrogen-bond acceptors (Lipinski definition) is 3. The Morgan fingerprint density at radius 3 is 2.94 bits per heavy atom. The second-order valence-electron chi connectivity index (χ2n) is 4.87. The van der Waals surface area contributed by atoms with Gasteiger partial charge in [0.15, 0.2) is 0 Å². The molecule has 17 heavy (non-hydrogen) atoms. The Balaban J connectivity index is 1.97. The molecule has 0 radical (unpaired) electrons. The molecule has 2 atom stereocenters. The number of benzene rings is 1. The van der Waals surface area contributed by atoms with Crippen molar-refractivity contribution < 1.29 is 5.11 Å². The largest absolute Gasteiger partial charge is 0.393 e. The van der Waals surface area contributed by atoms with E-state index in [0.717, 1.165) is 37.1 Å². The minimum absolute atomic E-state index is 0.129.